The van der Waals surface area contributed by atoms with E-state index in [0.717, 1.165) is 0 Å². The number of hydrogen-bond acceptors (Lipinski definition) is 3. The van der Waals surface area contributed by atoms with Crippen LogP contribution in [-0.4, -0.2) is 27.7 Å². The van der Waals surface area contributed by atoms with Gasteiger partial charge in [0.25, 0.3) is 0 Å². The quantitative estimate of drug-likeness (QED) is 0.529. The second kappa shape index (κ2) is 2.37. The molecular weight excluding hydrogens is 106 g/mol. The van der Waals surface area contributed by atoms with Gasteiger partial charge in [0.05, 0.1) is 6.54 Å². The first-order chi connectivity index (χ1) is 3.93. The summed E-state index contributed by atoms with van der Waals surface area (Å²) in [5, 5.41) is 16.7. The number of nitrogens with zero attached hydrogens (tertiary/aromatic N) is 4. The largest absolute Gasteiger partial charge is 0.242 e. The maximum Gasteiger partial charge on any atom is 0.164 e. The zero-order valence-electron chi connectivity index (χ0n) is 4.50. The van der Waals surface area contributed by atoms with Crippen LogP contribution >= 0.6 is 0 Å². The van der Waals surface area contributed by atoms with Gasteiger partial charge in [0, 0.05) is 7.05 Å². The minimum Gasteiger partial charge on any atom is -0.242 e. The van der Waals surface area contributed by atoms with Crippen LogP contribution in [0.1, 0.15) is 5.82 Å². The fourth-order valence-electron chi connectivity index (χ4n) is 0.396. The molecule has 0 aromatic carbocycles. The predicted octanol–water partition coefficient (Wildman–Crippen LogP) is -1.07. The highest BCUT2D eigenvalue weighted by Gasteiger charge is 1.90. The molecule has 1 N–H and O–H groups in total. The number of nitrogens with one attached hydrogen (secondary N) is 1. The van der Waals surface area contributed by atoms with Gasteiger partial charge in [-0.25, -0.2) is 10.4 Å². The molecule has 0 fully saturated rings. The average molecular weight is 112 g/mol. The van der Waals surface area contributed by atoms with Crippen LogP contribution in [0.15, 0.2) is 0 Å². The molecule has 1 aromatic rings. The Bertz CT molecular complexity index is 133. The van der Waals surface area contributed by atoms with Gasteiger partial charge in [0.2, 0.25) is 0 Å². The summed E-state index contributed by atoms with van der Waals surface area (Å²) in [7, 11) is 1.71. The Balaban J connectivity index is 2.50. The molecule has 0 aliphatic carbocycles. The van der Waals surface area contributed by atoms with Gasteiger partial charge in [0.1, 0.15) is 0 Å². The van der Waals surface area contributed by atoms with E-state index in [1.807, 2.05) is 0 Å². The lowest BCUT2D eigenvalue weighted by atomic mass is 10.6. The third kappa shape index (κ3) is 1.00. The topological polar surface area (TPSA) is 68.6 Å². The average Bonchev–Trinajstić information content (AvgIpc) is 2.19. The molecule has 8 heavy (non-hydrogen) atoms. The lowest BCUT2D eigenvalue weighted by Gasteiger charge is -1.83. The van der Waals surface area contributed by atoms with E-state index in [2.05, 4.69) is 25.9 Å². The van der Waals surface area contributed by atoms with Gasteiger partial charge in [0.15, 0.2) is 5.82 Å². The summed E-state index contributed by atoms with van der Waals surface area (Å²) in [5.74, 6) is 0.701. The first kappa shape index (κ1) is 5.17. The molecule has 0 aliphatic rings. The van der Waals surface area contributed by atoms with E-state index in [4.69, 9.17) is 0 Å². The van der Waals surface area contributed by atoms with Crippen molar-refractivity contribution in [1.29, 1.82) is 0 Å². The molecule has 0 spiro atoms. The lowest BCUT2D eigenvalue weighted by molar-refractivity contribution is 0.747. The second-order valence-corrected chi connectivity index (χ2v) is 1.32. The van der Waals surface area contributed by atoms with Crippen LogP contribution in [0.4, 0.5) is 0 Å². The van der Waals surface area contributed by atoms with Crippen molar-refractivity contribution < 1.29 is 0 Å². The van der Waals surface area contributed by atoms with Crippen LogP contribution in [0.3, 0.4) is 0 Å². The van der Waals surface area contributed by atoms with Crippen LogP contribution in [-0.2, 0) is 6.54 Å². The van der Waals surface area contributed by atoms with Crippen molar-refractivity contribution in [2.45, 2.75) is 6.54 Å². The highest BCUT2D eigenvalue weighted by Crippen LogP contribution is 1.78. The monoisotopic (exact) mass is 112 g/mol. The maximum absolute atomic E-state index is 3.80. The standard InChI is InChI=1S/C3H6N5/c1-4-2-3-5-7-8-6-3/h2H2,1H3,(H,5,6,7,8). The van der Waals surface area contributed by atoms with Gasteiger partial charge in [-0.15, -0.1) is 5.10 Å². The summed E-state index contributed by atoms with van der Waals surface area (Å²) < 4.78 is 0. The zero-order chi connectivity index (χ0) is 5.82. The normalized spacial score (nSPS) is 9.62. The van der Waals surface area contributed by atoms with Crippen LogP contribution < -0.4 is 5.32 Å². The van der Waals surface area contributed by atoms with Crippen molar-refractivity contribution in [3.8, 4) is 0 Å². The Labute approximate surface area is 46.5 Å². The number of hydrogen-bond donors (Lipinski definition) is 1. The van der Waals surface area contributed by atoms with Crippen molar-refractivity contribution >= 4 is 0 Å². The molecule has 5 heteroatoms. The first-order valence-corrected chi connectivity index (χ1v) is 2.21. The van der Waals surface area contributed by atoms with Crippen molar-refractivity contribution in [3.63, 3.8) is 0 Å². The fourth-order valence-corrected chi connectivity index (χ4v) is 0.396. The molecule has 43 valence electrons. The summed E-state index contributed by atoms with van der Waals surface area (Å²) in [6.07, 6.45) is 0. The molecule has 5 nitrogen and oxygen atoms in total. The van der Waals surface area contributed by atoms with Gasteiger partial charge >= 0.3 is 0 Å². The van der Waals surface area contributed by atoms with E-state index >= 15 is 0 Å². The van der Waals surface area contributed by atoms with Crippen molar-refractivity contribution in [2.24, 2.45) is 0 Å². The van der Waals surface area contributed by atoms with Crippen molar-refractivity contribution in [2.75, 3.05) is 7.05 Å². The summed E-state index contributed by atoms with van der Waals surface area (Å²) in [4.78, 5) is 0. The number of rotatable bonds is 2. The maximum atomic E-state index is 3.80. The van der Waals surface area contributed by atoms with E-state index in [1.165, 1.54) is 0 Å². The minimum atomic E-state index is 0.562. The molecule has 1 heterocycles. The molecule has 0 amide bonds. The predicted molar refractivity (Wildman–Crippen MR) is 25.9 cm³/mol. The lowest BCUT2D eigenvalue weighted by Crippen LogP contribution is -1.98. The Morgan fingerprint density at radius 2 is 2.62 bits per heavy atom. The summed E-state index contributed by atoms with van der Waals surface area (Å²) in [6.45, 7) is 0.562. The summed E-state index contributed by atoms with van der Waals surface area (Å²) >= 11 is 0. The van der Waals surface area contributed by atoms with Crippen LogP contribution in [0.5, 0.6) is 0 Å². The zero-order valence-corrected chi connectivity index (χ0v) is 4.50. The Hall–Kier alpha value is -0.970. The number of aromatic amines is 1. The van der Waals surface area contributed by atoms with Gasteiger partial charge in [-0.05, 0) is 10.4 Å². The van der Waals surface area contributed by atoms with Gasteiger partial charge in [-0.1, -0.05) is 0 Å². The minimum absolute atomic E-state index is 0.562. The Morgan fingerprint density at radius 1 is 1.75 bits per heavy atom. The molecular formula is C3H6N5. The van der Waals surface area contributed by atoms with Gasteiger partial charge in [-0.2, -0.15) is 0 Å². The first-order valence-electron chi connectivity index (χ1n) is 2.21. The second-order valence-electron chi connectivity index (χ2n) is 1.32. The Kier molecular flexibility index (Phi) is 1.53. The molecule has 0 saturated heterocycles. The highest BCUT2D eigenvalue weighted by molar-refractivity contribution is 4.72. The molecule has 0 aliphatic heterocycles. The van der Waals surface area contributed by atoms with E-state index in [1.54, 1.807) is 7.05 Å². The molecule has 0 unspecified atom stereocenters. The Morgan fingerprint density at radius 3 is 3.12 bits per heavy atom. The third-order valence-electron chi connectivity index (χ3n) is 0.697. The smallest absolute Gasteiger partial charge is 0.164 e. The number of aromatic nitrogens is 4. The van der Waals surface area contributed by atoms with Crippen molar-refractivity contribution in [1.82, 2.24) is 25.9 Å². The molecule has 1 rings (SSSR count). The number of tetrazole rings is 1. The van der Waals surface area contributed by atoms with Crippen LogP contribution in [0.2, 0.25) is 0 Å². The molecule has 1 radical (unpaired) electrons. The summed E-state index contributed by atoms with van der Waals surface area (Å²) in [5.41, 5.74) is 0. The van der Waals surface area contributed by atoms with E-state index in [0.29, 0.717) is 12.4 Å². The van der Waals surface area contributed by atoms with Crippen molar-refractivity contribution in [3.05, 3.63) is 5.82 Å². The molecule has 0 bridgehead atoms. The highest BCUT2D eigenvalue weighted by atomic mass is 15.5. The van der Waals surface area contributed by atoms with Crippen LogP contribution in [0.25, 0.3) is 0 Å². The van der Waals surface area contributed by atoms with Gasteiger partial charge in [-0.3, -0.25) is 0 Å². The number of H-pyrrole nitrogens is 1. The fraction of sp³-hybridized carbons (Fsp3) is 0.667. The molecule has 0 saturated carbocycles. The molecule has 1 aromatic heterocycles. The third-order valence-corrected chi connectivity index (χ3v) is 0.697. The van der Waals surface area contributed by atoms with E-state index in [-0.39, 0.29) is 0 Å². The summed E-state index contributed by atoms with van der Waals surface area (Å²) in [6, 6.07) is 0. The SMILES string of the molecule is C[N]Cc1nnn[nH]1. The molecule has 0 atom stereocenters. The van der Waals surface area contributed by atoms with Crippen LogP contribution in [0, 0.1) is 0 Å². The van der Waals surface area contributed by atoms with E-state index < -0.39 is 0 Å². The van der Waals surface area contributed by atoms with E-state index in [9.17, 15) is 0 Å². The van der Waals surface area contributed by atoms with Gasteiger partial charge < -0.3 is 0 Å².